The first kappa shape index (κ1) is 31.3. The second kappa shape index (κ2) is 14.6. The number of benzene rings is 4. The van der Waals surface area contributed by atoms with E-state index in [4.69, 9.17) is 9.47 Å². The third kappa shape index (κ3) is 7.55. The van der Waals surface area contributed by atoms with Crippen molar-refractivity contribution < 1.29 is 19.4 Å². The first-order valence-electron chi connectivity index (χ1n) is 15.5. The smallest absolute Gasteiger partial charge is 0.271 e. The van der Waals surface area contributed by atoms with E-state index in [2.05, 4.69) is 70.2 Å². The lowest BCUT2D eigenvalue weighted by molar-refractivity contribution is -0.252. The summed E-state index contributed by atoms with van der Waals surface area (Å²) in [4.78, 5) is 23.8. The van der Waals surface area contributed by atoms with Crippen molar-refractivity contribution in [2.75, 3.05) is 20.1 Å². The van der Waals surface area contributed by atoms with Gasteiger partial charge in [0.2, 0.25) is 0 Å². The summed E-state index contributed by atoms with van der Waals surface area (Å²) < 4.78 is 13.0. The van der Waals surface area contributed by atoms with Crippen LogP contribution in [0.4, 0.5) is 0 Å². The van der Waals surface area contributed by atoms with E-state index in [1.54, 1.807) is 0 Å². The van der Waals surface area contributed by atoms with Gasteiger partial charge in [-0.05, 0) is 53.1 Å². The predicted octanol–water partition coefficient (Wildman–Crippen LogP) is 6.38. The van der Waals surface area contributed by atoms with Crippen LogP contribution in [-0.4, -0.2) is 52.1 Å². The highest BCUT2D eigenvalue weighted by Gasteiger charge is 2.32. The maximum Gasteiger partial charge on any atom is 0.271 e. The summed E-state index contributed by atoms with van der Waals surface area (Å²) in [6.07, 6.45) is 3.44. The lowest BCUT2D eigenvalue weighted by Gasteiger charge is -2.37. The zero-order chi connectivity index (χ0) is 31.9. The van der Waals surface area contributed by atoms with E-state index >= 15 is 0 Å². The molecule has 2 N–H and O–H groups in total. The van der Waals surface area contributed by atoms with Crippen LogP contribution in [0.1, 0.15) is 51.6 Å². The second-order valence-electron chi connectivity index (χ2n) is 11.6. The Morgan fingerprint density at radius 2 is 1.70 bits per heavy atom. The Morgan fingerprint density at radius 1 is 0.935 bits per heavy atom. The number of aromatic nitrogens is 2. The van der Waals surface area contributed by atoms with Gasteiger partial charge in [-0.3, -0.25) is 9.78 Å². The van der Waals surface area contributed by atoms with Crippen molar-refractivity contribution in [1.82, 2.24) is 20.2 Å². The van der Waals surface area contributed by atoms with Crippen LogP contribution in [0.5, 0.6) is 0 Å². The van der Waals surface area contributed by atoms with Gasteiger partial charge < -0.3 is 24.8 Å². The molecule has 234 valence electrons. The first-order valence-corrected chi connectivity index (χ1v) is 15.5. The number of carbonyl (C=O) groups is 1. The fourth-order valence-corrected chi connectivity index (χ4v) is 5.71. The van der Waals surface area contributed by atoms with Crippen molar-refractivity contribution in [3.05, 3.63) is 144 Å². The van der Waals surface area contributed by atoms with Crippen molar-refractivity contribution in [2.45, 2.75) is 38.1 Å². The number of para-hydroxylation sites is 2. The van der Waals surface area contributed by atoms with Gasteiger partial charge >= 0.3 is 0 Å². The molecule has 0 radical (unpaired) electrons. The van der Waals surface area contributed by atoms with Gasteiger partial charge in [-0.2, -0.15) is 0 Å². The molecule has 1 aliphatic heterocycles. The molecular weight excluding hydrogens is 576 g/mol. The average Bonchev–Trinajstić information content (AvgIpc) is 3.10. The number of carbonyl (C=O) groups excluding carboxylic acids is 1. The number of hydrogen-bond donors (Lipinski definition) is 2. The van der Waals surface area contributed by atoms with Crippen LogP contribution in [0.25, 0.3) is 22.2 Å². The van der Waals surface area contributed by atoms with Crippen molar-refractivity contribution >= 4 is 16.9 Å². The lowest BCUT2D eigenvalue weighted by Crippen LogP contribution is -2.37. The number of aliphatic hydroxyl groups excluding tert-OH is 1. The van der Waals surface area contributed by atoms with Crippen LogP contribution in [0.2, 0.25) is 0 Å². The highest BCUT2D eigenvalue weighted by molar-refractivity contribution is 5.93. The quantitative estimate of drug-likeness (QED) is 0.167. The molecule has 0 spiro atoms. The highest BCUT2D eigenvalue weighted by atomic mass is 16.7. The summed E-state index contributed by atoms with van der Waals surface area (Å²) in [5.74, 6) is -0.267. The number of amides is 1. The molecule has 0 bridgehead atoms. The molecule has 1 aliphatic rings. The molecule has 4 aromatic carbocycles. The summed E-state index contributed by atoms with van der Waals surface area (Å²) in [6, 6.07) is 31.8. The second-order valence-corrected chi connectivity index (χ2v) is 11.6. The van der Waals surface area contributed by atoms with Crippen molar-refractivity contribution in [3.63, 3.8) is 0 Å². The summed E-state index contributed by atoms with van der Waals surface area (Å²) in [5, 5.41) is 12.4. The van der Waals surface area contributed by atoms with Gasteiger partial charge in [0.25, 0.3) is 5.91 Å². The molecule has 1 amide bonds. The number of rotatable bonds is 11. The van der Waals surface area contributed by atoms with Crippen LogP contribution < -0.4 is 5.32 Å². The van der Waals surface area contributed by atoms with E-state index < -0.39 is 6.29 Å². The third-order valence-corrected chi connectivity index (χ3v) is 8.15. The molecule has 1 aromatic heterocycles. The number of nitrogens with one attached hydrogen (secondary N) is 1. The Kier molecular flexibility index (Phi) is 9.91. The summed E-state index contributed by atoms with van der Waals surface area (Å²) in [6.45, 7) is 5.77. The molecule has 6 rings (SSSR count). The summed E-state index contributed by atoms with van der Waals surface area (Å²) in [5.41, 5.74) is 7.67. The zero-order valence-electron chi connectivity index (χ0n) is 25.9. The Hall–Kier alpha value is -4.73. The topological polar surface area (TPSA) is 96.8 Å². The van der Waals surface area contributed by atoms with Crippen molar-refractivity contribution in [2.24, 2.45) is 0 Å². The Bertz CT molecular complexity index is 1790. The van der Waals surface area contributed by atoms with E-state index in [0.717, 1.165) is 58.4 Å². The van der Waals surface area contributed by atoms with Crippen LogP contribution in [0.3, 0.4) is 0 Å². The Labute approximate surface area is 269 Å². The highest BCUT2D eigenvalue weighted by Crippen LogP contribution is 2.38. The van der Waals surface area contributed by atoms with E-state index in [9.17, 15) is 9.90 Å². The molecule has 46 heavy (non-hydrogen) atoms. The minimum Gasteiger partial charge on any atom is -0.392 e. The number of likely N-dealkylation sites (N-methyl/N-ethyl adjacent to an activating group) is 1. The molecule has 1 saturated heterocycles. The van der Waals surface area contributed by atoms with Gasteiger partial charge in [0.15, 0.2) is 6.29 Å². The summed E-state index contributed by atoms with van der Waals surface area (Å²) >= 11 is 0. The molecule has 2 heterocycles. The molecule has 8 heteroatoms. The fourth-order valence-electron chi connectivity index (χ4n) is 5.71. The SMILES string of the molecule is C=CCN(C)C[C@@H]1C[C@H](c2ccc(CO)cc2)O[C@H](c2ccc(-c3cccc(CNC(=O)c4cnc5ccccc5n4)c3)cc2)O1. The first-order chi connectivity index (χ1) is 22.5. The molecule has 0 unspecified atom stereocenters. The van der Waals surface area contributed by atoms with Crippen molar-refractivity contribution in [1.29, 1.82) is 0 Å². The Morgan fingerprint density at radius 3 is 2.46 bits per heavy atom. The van der Waals surface area contributed by atoms with Crippen LogP contribution in [0.15, 0.2) is 116 Å². The van der Waals surface area contributed by atoms with Gasteiger partial charge in [-0.25, -0.2) is 4.98 Å². The molecule has 8 nitrogen and oxygen atoms in total. The van der Waals surface area contributed by atoms with E-state index in [1.807, 2.05) is 66.7 Å². The molecular formula is C38H38N4O4. The number of fused-ring (bicyclic) bond motifs is 1. The van der Waals surface area contributed by atoms with E-state index in [0.29, 0.717) is 12.1 Å². The number of nitrogens with zero attached hydrogens (tertiary/aromatic N) is 3. The Balaban J connectivity index is 1.14. The number of hydrogen-bond acceptors (Lipinski definition) is 7. The van der Waals surface area contributed by atoms with E-state index in [-0.39, 0.29) is 30.4 Å². The van der Waals surface area contributed by atoms with Crippen LogP contribution in [0, 0.1) is 0 Å². The van der Waals surface area contributed by atoms with Crippen molar-refractivity contribution in [3.8, 4) is 11.1 Å². The average molecular weight is 615 g/mol. The van der Waals surface area contributed by atoms with Crippen LogP contribution in [-0.2, 0) is 22.6 Å². The van der Waals surface area contributed by atoms with Gasteiger partial charge in [0.05, 0.1) is 36.0 Å². The molecule has 1 fully saturated rings. The number of aliphatic hydroxyl groups is 1. The van der Waals surface area contributed by atoms with E-state index in [1.165, 1.54) is 6.20 Å². The molecule has 0 aliphatic carbocycles. The number of ether oxygens (including phenoxy) is 2. The normalized spacial score (nSPS) is 18.0. The zero-order valence-corrected chi connectivity index (χ0v) is 25.9. The standard InChI is InChI=1S/C38H38N4O4/c1-3-19-42(2)24-32-21-36(29-13-11-26(25-43)12-14-29)46-38(45-32)30-17-15-28(16-18-30)31-8-6-7-27(20-31)22-40-37(44)35-23-39-33-9-4-5-10-34(33)41-35/h3-18,20,23,32,36,38,43H,1,19,21-22,24-25H2,2H3,(H,40,44)/t32-,36+,38+/m0/s1. The minimum atomic E-state index is -0.521. The third-order valence-electron chi connectivity index (χ3n) is 8.15. The minimum absolute atomic E-state index is 0.0108. The van der Waals surface area contributed by atoms with Gasteiger partial charge in [-0.15, -0.1) is 6.58 Å². The van der Waals surface area contributed by atoms with Crippen LogP contribution >= 0.6 is 0 Å². The monoisotopic (exact) mass is 614 g/mol. The summed E-state index contributed by atoms with van der Waals surface area (Å²) in [7, 11) is 2.06. The maximum atomic E-state index is 12.8. The lowest BCUT2D eigenvalue weighted by atomic mass is 9.99. The van der Waals surface area contributed by atoms with Gasteiger partial charge in [-0.1, -0.05) is 84.9 Å². The molecule has 5 aromatic rings. The molecule has 3 atom stereocenters. The maximum absolute atomic E-state index is 12.8. The largest absolute Gasteiger partial charge is 0.392 e. The van der Waals surface area contributed by atoms with Gasteiger partial charge in [0.1, 0.15) is 5.69 Å². The van der Waals surface area contributed by atoms with Gasteiger partial charge in [0, 0.05) is 31.6 Å². The fraction of sp³-hybridized carbons (Fsp3) is 0.237. The predicted molar refractivity (Wildman–Crippen MR) is 179 cm³/mol. The molecule has 0 saturated carbocycles.